The number of hydrogen-bond donors (Lipinski definition) is 1. The molecule has 0 spiro atoms. The molecule has 2 heterocycles. The molecule has 4 rings (SSSR count). The number of benzene rings is 1. The maximum Gasteiger partial charge on any atom is 0.303 e. The van der Waals surface area contributed by atoms with Gasteiger partial charge in [-0.15, -0.1) is 0 Å². The Morgan fingerprint density at radius 2 is 1.40 bits per heavy atom. The van der Waals surface area contributed by atoms with Gasteiger partial charge in [-0.3, -0.25) is 28.8 Å². The zero-order valence-corrected chi connectivity index (χ0v) is 32.3. The van der Waals surface area contributed by atoms with E-state index in [1.165, 1.54) is 21.0 Å². The zero-order valence-electron chi connectivity index (χ0n) is 30.6. The lowest BCUT2D eigenvalue weighted by molar-refractivity contribution is -0.237. The van der Waals surface area contributed by atoms with Crippen molar-refractivity contribution in [3.63, 3.8) is 0 Å². The molecule has 53 heavy (non-hydrogen) atoms. The van der Waals surface area contributed by atoms with Crippen LogP contribution in [0.25, 0.3) is 0 Å². The molecule has 1 aromatic carbocycles. The largest absolute Gasteiger partial charge is 0.506 e. The van der Waals surface area contributed by atoms with Crippen LogP contribution in [0.5, 0.6) is 5.75 Å². The molecular formula is C35H44O16S2. The van der Waals surface area contributed by atoms with Gasteiger partial charge in [0.2, 0.25) is 5.78 Å². The van der Waals surface area contributed by atoms with E-state index in [1.54, 1.807) is 20.1 Å². The first-order valence-corrected chi connectivity index (χ1v) is 18.4. The summed E-state index contributed by atoms with van der Waals surface area (Å²) < 4.78 is 50.9. The number of aromatic hydroxyl groups is 1. The maximum absolute atomic E-state index is 13.7. The van der Waals surface area contributed by atoms with Crippen LogP contribution < -0.4 is 0 Å². The average Bonchev–Trinajstić information content (AvgIpc) is 3.08. The lowest BCUT2D eigenvalue weighted by atomic mass is 9.90. The highest BCUT2D eigenvalue weighted by Crippen LogP contribution is 2.51. The molecular weight excluding hydrogens is 741 g/mol. The van der Waals surface area contributed by atoms with Gasteiger partial charge in [0.05, 0.1) is 24.2 Å². The lowest BCUT2D eigenvalue weighted by Gasteiger charge is -2.44. The fraction of sp³-hybridized carbons (Fsp3) is 0.600. The van der Waals surface area contributed by atoms with Crippen molar-refractivity contribution in [2.24, 2.45) is 0 Å². The van der Waals surface area contributed by atoms with E-state index >= 15 is 0 Å². The average molecular weight is 785 g/mol. The molecule has 3 aliphatic rings. The molecule has 0 bridgehead atoms. The van der Waals surface area contributed by atoms with E-state index in [2.05, 4.69) is 0 Å². The number of rotatable bonds is 13. The first-order chi connectivity index (χ1) is 25.0. The highest BCUT2D eigenvalue weighted by atomic mass is 32.2. The van der Waals surface area contributed by atoms with Crippen LogP contribution in [0.4, 0.5) is 0 Å². The number of phenols is 1. The van der Waals surface area contributed by atoms with E-state index in [1.807, 2.05) is 0 Å². The fourth-order valence-electron chi connectivity index (χ4n) is 6.26. The van der Waals surface area contributed by atoms with Crippen LogP contribution >= 0.6 is 23.5 Å². The molecule has 2 fully saturated rings. The molecule has 1 N–H and O–H groups in total. The van der Waals surface area contributed by atoms with E-state index in [0.717, 1.165) is 44.3 Å². The van der Waals surface area contributed by atoms with Gasteiger partial charge in [-0.1, -0.05) is 23.5 Å². The number of thioether (sulfide) groups is 2. The normalized spacial score (nSPS) is 26.7. The number of carbonyl (C=O) groups is 6. The molecule has 2 saturated heterocycles. The summed E-state index contributed by atoms with van der Waals surface area (Å²) in [6.07, 6.45) is -3.72. The smallest absolute Gasteiger partial charge is 0.303 e. The SMILES string of the molecule is COC1=CCc2c(O)c(S[C@@H]3C[C@H](OC)C[C@H](COC(C)=O)O3)c(SC3O[C@H](COC(C)=O)[C@@H](OC(C)=O)[C@H](OC(C)=O)[C@H]3OC(C)=O)c(C)c2C1=O. The van der Waals surface area contributed by atoms with Crippen LogP contribution in [-0.2, 0) is 73.0 Å². The van der Waals surface area contributed by atoms with Crippen molar-refractivity contribution in [3.05, 3.63) is 28.5 Å². The van der Waals surface area contributed by atoms with Crippen molar-refractivity contribution in [2.75, 3.05) is 27.4 Å². The predicted octanol–water partition coefficient (Wildman–Crippen LogP) is 3.32. The van der Waals surface area contributed by atoms with Crippen molar-refractivity contribution >= 4 is 59.2 Å². The first-order valence-electron chi connectivity index (χ1n) is 16.7. The Bertz CT molecular complexity index is 1630. The summed E-state index contributed by atoms with van der Waals surface area (Å²) in [5, 5.41) is 11.9. The number of Topliss-reactive ketones (excluding diaryl/α,β-unsaturated/α-hetero) is 1. The van der Waals surface area contributed by atoms with Gasteiger partial charge in [0.1, 0.15) is 35.9 Å². The van der Waals surface area contributed by atoms with E-state index < -0.39 is 83.6 Å². The van der Waals surface area contributed by atoms with Gasteiger partial charge in [-0.2, -0.15) is 0 Å². The predicted molar refractivity (Wildman–Crippen MR) is 185 cm³/mol. The second-order valence-electron chi connectivity index (χ2n) is 12.4. The summed E-state index contributed by atoms with van der Waals surface area (Å²) in [4.78, 5) is 74.9. The summed E-state index contributed by atoms with van der Waals surface area (Å²) in [6, 6.07) is 0. The van der Waals surface area contributed by atoms with Gasteiger partial charge in [0, 0.05) is 70.6 Å². The van der Waals surface area contributed by atoms with E-state index in [9.17, 15) is 33.9 Å². The van der Waals surface area contributed by atoms with Crippen molar-refractivity contribution in [1.82, 2.24) is 0 Å². The molecule has 0 saturated carbocycles. The number of fused-ring (bicyclic) bond motifs is 1. The van der Waals surface area contributed by atoms with Crippen molar-refractivity contribution in [2.45, 2.75) is 118 Å². The third-order valence-corrected chi connectivity index (χ3v) is 11.1. The van der Waals surface area contributed by atoms with Crippen LogP contribution in [0.2, 0.25) is 0 Å². The van der Waals surface area contributed by atoms with Crippen LogP contribution in [-0.4, -0.2) is 116 Å². The standard InChI is InChI=1S/C35H44O16S2/c1-15-27-23(9-10-24(44-8)29(27)42)28(41)34(52-26-12-21(43-7)11-22(50-26)13-45-16(2)36)33(15)53-35-32(49-20(6)40)31(48-19(5)39)30(47-18(4)38)25(51-35)14-46-17(3)37/h10,21-22,25-26,30-32,35,41H,9,11-14H2,1-8H3/t21-,22-,25-,26-,30-,31+,32-,35?/m1/s1. The molecule has 16 nitrogen and oxygen atoms in total. The number of phenolic OH excluding ortho intramolecular Hbond substituents is 1. The summed E-state index contributed by atoms with van der Waals surface area (Å²) in [5.74, 6) is -4.12. The topological polar surface area (TPSA) is 206 Å². The van der Waals surface area contributed by atoms with Crippen LogP contribution in [0, 0.1) is 6.92 Å². The number of ketones is 1. The highest BCUT2D eigenvalue weighted by molar-refractivity contribution is 8.03. The van der Waals surface area contributed by atoms with Crippen LogP contribution in [0.3, 0.4) is 0 Å². The minimum atomic E-state index is -1.44. The molecule has 0 amide bonds. The van der Waals surface area contributed by atoms with E-state index in [-0.39, 0.29) is 41.1 Å². The van der Waals surface area contributed by atoms with Gasteiger partial charge in [-0.05, 0) is 25.0 Å². The molecule has 0 radical (unpaired) electrons. The number of allylic oxidation sites excluding steroid dienone is 2. The Labute approximate surface area is 314 Å². The second kappa shape index (κ2) is 18.5. The number of ether oxygens (including phenoxy) is 9. The van der Waals surface area contributed by atoms with Crippen molar-refractivity contribution < 1.29 is 76.5 Å². The highest BCUT2D eigenvalue weighted by Gasteiger charge is 2.53. The number of esters is 5. The Balaban J connectivity index is 1.86. The minimum Gasteiger partial charge on any atom is -0.506 e. The number of methoxy groups -OCH3 is 2. The molecule has 8 atom stereocenters. The summed E-state index contributed by atoms with van der Waals surface area (Å²) >= 11 is 2.09. The Morgan fingerprint density at radius 1 is 0.792 bits per heavy atom. The molecule has 1 unspecified atom stereocenters. The van der Waals surface area contributed by atoms with Crippen molar-refractivity contribution in [3.8, 4) is 5.75 Å². The van der Waals surface area contributed by atoms with Gasteiger partial charge < -0.3 is 47.7 Å². The van der Waals surface area contributed by atoms with Crippen LogP contribution in [0.1, 0.15) is 68.9 Å². The van der Waals surface area contributed by atoms with E-state index in [4.69, 9.17) is 42.6 Å². The zero-order chi connectivity index (χ0) is 39.1. The maximum atomic E-state index is 13.7. The Hall–Kier alpha value is -3.84. The van der Waals surface area contributed by atoms with Crippen molar-refractivity contribution in [1.29, 1.82) is 0 Å². The van der Waals surface area contributed by atoms with E-state index in [0.29, 0.717) is 28.9 Å². The van der Waals surface area contributed by atoms with Gasteiger partial charge in [0.25, 0.3) is 0 Å². The Morgan fingerprint density at radius 3 is 1.98 bits per heavy atom. The minimum absolute atomic E-state index is 0.0209. The molecule has 1 aliphatic carbocycles. The molecule has 292 valence electrons. The summed E-state index contributed by atoms with van der Waals surface area (Å²) in [5.41, 5.74) is -0.959. The summed E-state index contributed by atoms with van der Waals surface area (Å²) in [6.45, 7) is 7.04. The van der Waals surface area contributed by atoms with Gasteiger partial charge in [-0.25, -0.2) is 0 Å². The Kier molecular flexibility index (Phi) is 14.6. The molecule has 2 aliphatic heterocycles. The molecule has 1 aromatic rings. The van der Waals surface area contributed by atoms with Gasteiger partial charge in [0.15, 0.2) is 24.1 Å². The quantitative estimate of drug-likeness (QED) is 0.225. The van der Waals surface area contributed by atoms with Crippen LogP contribution in [0.15, 0.2) is 21.6 Å². The second-order valence-corrected chi connectivity index (χ2v) is 14.7. The molecule has 0 aromatic heterocycles. The fourth-order valence-corrected chi connectivity index (χ4v) is 9.09. The number of carbonyl (C=O) groups excluding carboxylic acids is 6. The monoisotopic (exact) mass is 784 g/mol. The third kappa shape index (κ3) is 10.4. The lowest BCUT2D eigenvalue weighted by Crippen LogP contribution is -2.61. The molecule has 18 heteroatoms. The third-order valence-electron chi connectivity index (χ3n) is 8.45. The summed E-state index contributed by atoms with van der Waals surface area (Å²) in [7, 11) is 2.92. The first kappa shape index (κ1) is 41.9. The number of hydrogen-bond acceptors (Lipinski definition) is 18. The van der Waals surface area contributed by atoms with Gasteiger partial charge >= 0.3 is 29.8 Å².